The molecule has 0 bridgehead atoms. The molecule has 0 saturated carbocycles. The van der Waals surface area contributed by atoms with Crippen molar-refractivity contribution in [3.63, 3.8) is 0 Å². The van der Waals surface area contributed by atoms with Gasteiger partial charge in [0.2, 0.25) is 0 Å². The number of nitrogens with zero attached hydrogens (tertiary/aromatic N) is 1. The van der Waals surface area contributed by atoms with Gasteiger partial charge in [0, 0.05) is 12.0 Å². The van der Waals surface area contributed by atoms with Gasteiger partial charge in [0.25, 0.3) is 0 Å². The molecule has 1 aromatic rings. The summed E-state index contributed by atoms with van der Waals surface area (Å²) in [4.78, 5) is 2.27. The lowest BCUT2D eigenvalue weighted by Crippen LogP contribution is -2.37. The van der Waals surface area contributed by atoms with E-state index in [2.05, 4.69) is 80.6 Å². The molecule has 0 fully saturated rings. The van der Waals surface area contributed by atoms with Gasteiger partial charge in [0.15, 0.2) is 0 Å². The Kier molecular flexibility index (Phi) is 4.03. The molecule has 2 rings (SSSR count). The molecule has 0 N–H and O–H groups in total. The third-order valence-electron chi connectivity index (χ3n) is 3.79. The molecule has 18 heavy (non-hydrogen) atoms. The zero-order chi connectivity index (χ0) is 13.0. The van der Waals surface area contributed by atoms with Gasteiger partial charge in [-0.2, -0.15) is 0 Å². The highest BCUT2D eigenvalue weighted by atomic mass is 15.1. The molecule has 1 aliphatic carbocycles. The summed E-state index contributed by atoms with van der Waals surface area (Å²) in [5, 5.41) is 0. The quantitative estimate of drug-likeness (QED) is 0.727. The van der Waals surface area contributed by atoms with Crippen molar-refractivity contribution in [1.82, 2.24) is 4.90 Å². The summed E-state index contributed by atoms with van der Waals surface area (Å²) in [6, 6.07) is 10.8. The lowest BCUT2D eigenvalue weighted by molar-refractivity contribution is 0.289. The average molecular weight is 241 g/mol. The molecule has 0 aliphatic heterocycles. The maximum absolute atomic E-state index is 2.39. The molecule has 0 spiro atoms. The molecule has 1 unspecified atom stereocenters. The maximum atomic E-state index is 2.39. The van der Waals surface area contributed by atoms with Crippen molar-refractivity contribution in [1.29, 1.82) is 0 Å². The fourth-order valence-corrected chi connectivity index (χ4v) is 2.89. The minimum atomic E-state index is 0.0593. The molecule has 0 aromatic heterocycles. The summed E-state index contributed by atoms with van der Waals surface area (Å²) in [6.45, 7) is 3.43. The van der Waals surface area contributed by atoms with E-state index in [1.165, 1.54) is 5.56 Å². The summed E-state index contributed by atoms with van der Waals surface area (Å²) in [5.41, 5.74) is 1.45. The molecule has 1 aliphatic rings. The van der Waals surface area contributed by atoms with Gasteiger partial charge in [-0.1, -0.05) is 61.6 Å². The van der Waals surface area contributed by atoms with Crippen LogP contribution in [0.1, 0.15) is 18.9 Å². The molecule has 1 aromatic carbocycles. The summed E-state index contributed by atoms with van der Waals surface area (Å²) in [7, 11) is 4.29. The minimum absolute atomic E-state index is 0.0593. The van der Waals surface area contributed by atoms with Crippen LogP contribution in [-0.4, -0.2) is 25.5 Å². The third kappa shape index (κ3) is 2.56. The van der Waals surface area contributed by atoms with Gasteiger partial charge in [0.05, 0.1) is 0 Å². The third-order valence-corrected chi connectivity index (χ3v) is 3.79. The second-order valence-electron chi connectivity index (χ2n) is 5.50. The van der Waals surface area contributed by atoms with Crippen LogP contribution >= 0.6 is 0 Å². The van der Waals surface area contributed by atoms with Crippen LogP contribution in [0.4, 0.5) is 0 Å². The molecule has 1 heteroatoms. The lowest BCUT2D eigenvalue weighted by atomic mass is 9.69. The Labute approximate surface area is 111 Å². The van der Waals surface area contributed by atoms with Crippen LogP contribution in [0.2, 0.25) is 0 Å². The average Bonchev–Trinajstić information content (AvgIpc) is 2.40. The van der Waals surface area contributed by atoms with Crippen molar-refractivity contribution >= 4 is 0 Å². The Morgan fingerprint density at radius 3 is 2.28 bits per heavy atom. The minimum Gasteiger partial charge on any atom is -0.309 e. The van der Waals surface area contributed by atoms with Gasteiger partial charge < -0.3 is 4.90 Å². The first kappa shape index (κ1) is 13.1. The van der Waals surface area contributed by atoms with Gasteiger partial charge in [-0.3, -0.25) is 0 Å². The smallest absolute Gasteiger partial charge is 0.0350 e. The predicted molar refractivity (Wildman–Crippen MR) is 78.7 cm³/mol. The van der Waals surface area contributed by atoms with Crippen LogP contribution in [0.5, 0.6) is 0 Å². The second kappa shape index (κ2) is 5.53. The van der Waals surface area contributed by atoms with Crippen molar-refractivity contribution in [3.05, 3.63) is 60.2 Å². The summed E-state index contributed by atoms with van der Waals surface area (Å²) in [5.74, 6) is 0.558. The first-order valence-corrected chi connectivity index (χ1v) is 6.71. The number of rotatable bonds is 4. The highest BCUT2D eigenvalue weighted by Crippen LogP contribution is 2.38. The van der Waals surface area contributed by atoms with Crippen LogP contribution in [0.25, 0.3) is 0 Å². The first-order chi connectivity index (χ1) is 8.65. The Morgan fingerprint density at radius 2 is 1.72 bits per heavy atom. The molecule has 0 radical (unpaired) electrons. The van der Waals surface area contributed by atoms with Gasteiger partial charge >= 0.3 is 0 Å². The standard InChI is InChI=1S/C17H23N/c1-15(14-18(2)3)17(12-8-5-9-13-17)16-10-6-4-7-11-16/h4,6-13,15H,5,14H2,1-3H3. The van der Waals surface area contributed by atoms with Crippen molar-refractivity contribution in [3.8, 4) is 0 Å². The van der Waals surface area contributed by atoms with E-state index in [0.717, 1.165) is 13.0 Å². The van der Waals surface area contributed by atoms with Crippen LogP contribution < -0.4 is 0 Å². The van der Waals surface area contributed by atoms with Crippen molar-refractivity contribution < 1.29 is 0 Å². The molecule has 1 atom stereocenters. The zero-order valence-electron chi connectivity index (χ0n) is 11.6. The second-order valence-corrected chi connectivity index (χ2v) is 5.50. The number of benzene rings is 1. The SMILES string of the molecule is CC(CN(C)C)C1(c2ccccc2)C=CCC=C1. The number of hydrogen-bond acceptors (Lipinski definition) is 1. The maximum Gasteiger partial charge on any atom is 0.0350 e. The van der Waals surface area contributed by atoms with Crippen LogP contribution in [-0.2, 0) is 5.41 Å². The van der Waals surface area contributed by atoms with Crippen LogP contribution in [0.3, 0.4) is 0 Å². The van der Waals surface area contributed by atoms with Crippen molar-refractivity contribution in [2.45, 2.75) is 18.8 Å². The van der Waals surface area contributed by atoms with E-state index in [9.17, 15) is 0 Å². The van der Waals surface area contributed by atoms with E-state index in [1.807, 2.05) is 0 Å². The summed E-state index contributed by atoms with van der Waals surface area (Å²) in [6.07, 6.45) is 10.4. The molecule has 0 saturated heterocycles. The van der Waals surface area contributed by atoms with E-state index in [4.69, 9.17) is 0 Å². The largest absolute Gasteiger partial charge is 0.309 e. The summed E-state index contributed by atoms with van der Waals surface area (Å²) < 4.78 is 0. The Bertz CT molecular complexity index is 416. The lowest BCUT2D eigenvalue weighted by Gasteiger charge is -2.37. The molecular formula is C17H23N. The van der Waals surface area contributed by atoms with E-state index >= 15 is 0 Å². The molecule has 0 amide bonds. The fourth-order valence-electron chi connectivity index (χ4n) is 2.89. The Hall–Kier alpha value is -1.34. The van der Waals surface area contributed by atoms with Gasteiger partial charge in [-0.15, -0.1) is 0 Å². The molecule has 1 nitrogen and oxygen atoms in total. The Balaban J connectivity index is 2.38. The number of allylic oxidation sites excluding steroid dienone is 4. The van der Waals surface area contributed by atoms with Crippen LogP contribution in [0, 0.1) is 5.92 Å². The number of hydrogen-bond donors (Lipinski definition) is 0. The van der Waals surface area contributed by atoms with Gasteiger partial charge in [0.1, 0.15) is 0 Å². The van der Waals surface area contributed by atoms with Gasteiger partial charge in [-0.25, -0.2) is 0 Å². The normalized spacial score (nSPS) is 19.1. The van der Waals surface area contributed by atoms with E-state index < -0.39 is 0 Å². The highest BCUT2D eigenvalue weighted by Gasteiger charge is 2.33. The zero-order valence-corrected chi connectivity index (χ0v) is 11.6. The fraction of sp³-hybridized carbons (Fsp3) is 0.412. The van der Waals surface area contributed by atoms with E-state index in [-0.39, 0.29) is 5.41 Å². The monoisotopic (exact) mass is 241 g/mol. The Morgan fingerprint density at radius 1 is 1.11 bits per heavy atom. The van der Waals surface area contributed by atoms with E-state index in [0.29, 0.717) is 5.92 Å². The molecule has 0 heterocycles. The molecule has 96 valence electrons. The molecular weight excluding hydrogens is 218 g/mol. The van der Waals surface area contributed by atoms with Gasteiger partial charge in [-0.05, 0) is 32.0 Å². The topological polar surface area (TPSA) is 3.24 Å². The van der Waals surface area contributed by atoms with E-state index in [1.54, 1.807) is 0 Å². The summed E-state index contributed by atoms with van der Waals surface area (Å²) >= 11 is 0. The van der Waals surface area contributed by atoms with Crippen molar-refractivity contribution in [2.75, 3.05) is 20.6 Å². The highest BCUT2D eigenvalue weighted by molar-refractivity contribution is 5.40. The van der Waals surface area contributed by atoms with Crippen LogP contribution in [0.15, 0.2) is 54.6 Å². The van der Waals surface area contributed by atoms with Crippen molar-refractivity contribution in [2.24, 2.45) is 5.92 Å². The predicted octanol–water partition coefficient (Wildman–Crippen LogP) is 3.64. The first-order valence-electron chi connectivity index (χ1n) is 6.71.